The average molecular weight is 254 g/mol. The molecule has 0 spiro atoms. The molecule has 1 aromatic rings. The fourth-order valence-corrected chi connectivity index (χ4v) is 1.98. The van der Waals surface area contributed by atoms with Crippen molar-refractivity contribution in [3.63, 3.8) is 0 Å². The van der Waals surface area contributed by atoms with E-state index in [9.17, 15) is 0 Å². The zero-order valence-electron chi connectivity index (χ0n) is 12.2. The highest BCUT2D eigenvalue weighted by molar-refractivity contribution is 5.13. The summed E-state index contributed by atoms with van der Waals surface area (Å²) >= 11 is 0. The minimum Gasteiger partial charge on any atom is -0.377 e. The Balaban J connectivity index is 2.90. The largest absolute Gasteiger partial charge is 0.377 e. The Morgan fingerprint density at radius 1 is 1.50 bits per heavy atom. The van der Waals surface area contributed by atoms with Crippen LogP contribution in [0.25, 0.3) is 0 Å². The first-order valence-electron chi connectivity index (χ1n) is 6.55. The first kappa shape index (κ1) is 15.1. The van der Waals surface area contributed by atoms with Crippen LogP contribution in [0, 0.1) is 0 Å². The summed E-state index contributed by atoms with van der Waals surface area (Å²) < 4.78 is 7.53. The van der Waals surface area contributed by atoms with Crippen LogP contribution in [-0.4, -0.2) is 28.5 Å². The van der Waals surface area contributed by atoms with E-state index in [2.05, 4.69) is 30.4 Å². The predicted molar refractivity (Wildman–Crippen MR) is 73.2 cm³/mol. The maximum absolute atomic E-state index is 5.65. The highest BCUT2D eigenvalue weighted by Crippen LogP contribution is 2.18. The van der Waals surface area contributed by atoms with Gasteiger partial charge in [-0.1, -0.05) is 6.92 Å². The lowest BCUT2D eigenvalue weighted by Crippen LogP contribution is -2.52. The molecule has 0 radical (unpaired) electrons. The molecule has 0 aliphatic heterocycles. The first-order chi connectivity index (χ1) is 8.48. The molecule has 1 aromatic heterocycles. The summed E-state index contributed by atoms with van der Waals surface area (Å²) in [6.07, 6.45) is 1.76. The van der Waals surface area contributed by atoms with Gasteiger partial charge in [0, 0.05) is 25.8 Å². The zero-order valence-corrected chi connectivity index (χ0v) is 12.2. The van der Waals surface area contributed by atoms with E-state index in [1.165, 1.54) is 5.69 Å². The number of rotatable bonds is 7. The minimum atomic E-state index is -0.316. The van der Waals surface area contributed by atoms with Crippen LogP contribution < -0.4 is 11.3 Å². The van der Waals surface area contributed by atoms with E-state index in [4.69, 9.17) is 10.6 Å². The van der Waals surface area contributed by atoms with Gasteiger partial charge in [-0.15, -0.1) is 0 Å². The molecule has 0 fully saturated rings. The second kappa shape index (κ2) is 6.31. The average Bonchev–Trinajstić information content (AvgIpc) is 2.77. The third-order valence-electron chi connectivity index (χ3n) is 3.56. The van der Waals surface area contributed by atoms with Crippen LogP contribution >= 0.6 is 0 Å². The van der Waals surface area contributed by atoms with Gasteiger partial charge in [-0.2, -0.15) is 5.10 Å². The number of methoxy groups -OCH3 is 1. The molecule has 5 heteroatoms. The maximum atomic E-state index is 5.65. The van der Waals surface area contributed by atoms with Crippen molar-refractivity contribution in [2.45, 2.75) is 58.7 Å². The predicted octanol–water partition coefficient (Wildman–Crippen LogP) is 1.26. The molecule has 1 atom stereocenters. The molecular formula is C13H26N4O. The van der Waals surface area contributed by atoms with Crippen molar-refractivity contribution in [1.29, 1.82) is 0 Å². The number of hydrazine groups is 1. The SMILES string of the molecule is CCc1cc(CC(NN)C(C)(C)OC)n(CC)n1. The zero-order chi connectivity index (χ0) is 13.8. The van der Waals surface area contributed by atoms with Crippen molar-refractivity contribution in [1.82, 2.24) is 15.2 Å². The van der Waals surface area contributed by atoms with Crippen molar-refractivity contribution in [3.8, 4) is 0 Å². The summed E-state index contributed by atoms with van der Waals surface area (Å²) in [5, 5.41) is 4.55. The Labute approximate surface area is 110 Å². The van der Waals surface area contributed by atoms with Crippen LogP contribution in [0.2, 0.25) is 0 Å². The molecule has 1 heterocycles. The molecule has 0 bridgehead atoms. The number of nitrogens with zero attached hydrogens (tertiary/aromatic N) is 2. The molecule has 0 aromatic carbocycles. The molecule has 1 unspecified atom stereocenters. The normalized spacial score (nSPS) is 13.9. The van der Waals surface area contributed by atoms with Gasteiger partial charge in [-0.05, 0) is 33.3 Å². The first-order valence-corrected chi connectivity index (χ1v) is 6.55. The molecule has 0 amide bonds. The van der Waals surface area contributed by atoms with Crippen LogP contribution in [0.5, 0.6) is 0 Å². The Hall–Kier alpha value is -0.910. The Kier molecular flexibility index (Phi) is 5.31. The van der Waals surface area contributed by atoms with E-state index in [1.54, 1.807) is 7.11 Å². The second-order valence-electron chi connectivity index (χ2n) is 5.03. The summed E-state index contributed by atoms with van der Waals surface area (Å²) in [5.41, 5.74) is 4.86. The third kappa shape index (κ3) is 3.31. The minimum absolute atomic E-state index is 0.0502. The lowest BCUT2D eigenvalue weighted by Gasteiger charge is -2.32. The summed E-state index contributed by atoms with van der Waals surface area (Å²) in [5.74, 6) is 5.65. The second-order valence-corrected chi connectivity index (χ2v) is 5.03. The lowest BCUT2D eigenvalue weighted by molar-refractivity contribution is -0.0106. The number of aromatic nitrogens is 2. The molecular weight excluding hydrogens is 228 g/mol. The van der Waals surface area contributed by atoms with Crippen molar-refractivity contribution >= 4 is 0 Å². The van der Waals surface area contributed by atoms with Crippen LogP contribution in [-0.2, 0) is 24.1 Å². The maximum Gasteiger partial charge on any atom is 0.0792 e. The fourth-order valence-electron chi connectivity index (χ4n) is 1.98. The van der Waals surface area contributed by atoms with Gasteiger partial charge in [-0.3, -0.25) is 16.0 Å². The van der Waals surface area contributed by atoms with E-state index in [-0.39, 0.29) is 11.6 Å². The Bertz CT molecular complexity index is 373. The van der Waals surface area contributed by atoms with Crippen molar-refractivity contribution in [2.24, 2.45) is 5.84 Å². The van der Waals surface area contributed by atoms with Crippen molar-refractivity contribution in [3.05, 3.63) is 17.5 Å². The van der Waals surface area contributed by atoms with Gasteiger partial charge in [0.1, 0.15) is 0 Å². The fraction of sp³-hybridized carbons (Fsp3) is 0.769. The topological polar surface area (TPSA) is 65.1 Å². The van der Waals surface area contributed by atoms with Gasteiger partial charge in [-0.25, -0.2) is 0 Å². The van der Waals surface area contributed by atoms with Gasteiger partial charge < -0.3 is 4.74 Å². The molecule has 1 rings (SSSR count). The van der Waals surface area contributed by atoms with Gasteiger partial charge >= 0.3 is 0 Å². The van der Waals surface area contributed by atoms with Gasteiger partial charge in [0.25, 0.3) is 0 Å². The van der Waals surface area contributed by atoms with E-state index in [1.807, 2.05) is 18.5 Å². The summed E-state index contributed by atoms with van der Waals surface area (Å²) in [6.45, 7) is 9.15. The lowest BCUT2D eigenvalue weighted by atomic mass is 9.94. The molecule has 0 aliphatic rings. The van der Waals surface area contributed by atoms with Gasteiger partial charge in [0.2, 0.25) is 0 Å². The van der Waals surface area contributed by atoms with E-state index >= 15 is 0 Å². The molecule has 3 N–H and O–H groups in total. The smallest absolute Gasteiger partial charge is 0.0792 e. The standard InChI is InChI=1S/C13H26N4O/c1-6-10-8-11(17(7-2)16-10)9-12(15-14)13(3,4)18-5/h8,12,15H,6-7,9,14H2,1-5H3. The molecule has 0 saturated carbocycles. The number of hydrogen-bond donors (Lipinski definition) is 2. The van der Waals surface area contributed by atoms with Crippen LogP contribution in [0.4, 0.5) is 0 Å². The molecule has 5 nitrogen and oxygen atoms in total. The summed E-state index contributed by atoms with van der Waals surface area (Å²) in [4.78, 5) is 0. The van der Waals surface area contributed by atoms with Crippen molar-refractivity contribution < 1.29 is 4.74 Å². The third-order valence-corrected chi connectivity index (χ3v) is 3.56. The van der Waals surface area contributed by atoms with Crippen LogP contribution in [0.1, 0.15) is 39.1 Å². The van der Waals surface area contributed by atoms with E-state index in [0.717, 1.165) is 25.1 Å². The number of hydrogen-bond acceptors (Lipinski definition) is 4. The van der Waals surface area contributed by atoms with E-state index in [0.29, 0.717) is 0 Å². The Morgan fingerprint density at radius 3 is 2.61 bits per heavy atom. The van der Waals surface area contributed by atoms with E-state index < -0.39 is 0 Å². The van der Waals surface area contributed by atoms with Gasteiger partial charge in [0.15, 0.2) is 0 Å². The van der Waals surface area contributed by atoms with Crippen LogP contribution in [0.15, 0.2) is 6.07 Å². The molecule has 0 aliphatic carbocycles. The number of aryl methyl sites for hydroxylation is 2. The highest BCUT2D eigenvalue weighted by atomic mass is 16.5. The van der Waals surface area contributed by atoms with Crippen LogP contribution in [0.3, 0.4) is 0 Å². The number of nitrogens with two attached hydrogens (primary N) is 1. The number of ether oxygens (including phenoxy) is 1. The molecule has 104 valence electrons. The summed E-state index contributed by atoms with van der Waals surface area (Å²) in [6, 6.07) is 2.20. The number of nitrogens with one attached hydrogen (secondary N) is 1. The highest BCUT2D eigenvalue weighted by Gasteiger charge is 2.29. The summed E-state index contributed by atoms with van der Waals surface area (Å²) in [7, 11) is 1.71. The molecule has 0 saturated heterocycles. The quantitative estimate of drug-likeness (QED) is 0.568. The van der Waals surface area contributed by atoms with Gasteiger partial charge in [0.05, 0.1) is 17.3 Å². The van der Waals surface area contributed by atoms with Crippen molar-refractivity contribution in [2.75, 3.05) is 7.11 Å². The Morgan fingerprint density at radius 2 is 2.17 bits per heavy atom. The monoisotopic (exact) mass is 254 g/mol. The molecule has 18 heavy (non-hydrogen) atoms.